The van der Waals surface area contributed by atoms with Gasteiger partial charge in [-0.3, -0.25) is 0 Å². The molecule has 1 aromatic rings. The second-order valence-electron chi connectivity index (χ2n) is 5.75. The summed E-state index contributed by atoms with van der Waals surface area (Å²) in [6, 6.07) is 6.37. The molecule has 0 fully saturated rings. The Balaban J connectivity index is 2.69. The molecule has 5 nitrogen and oxygen atoms in total. The molecule has 1 aromatic carbocycles. The second-order valence-corrected chi connectivity index (χ2v) is 6.19. The summed E-state index contributed by atoms with van der Waals surface area (Å²) in [6.45, 7) is 5.21. The number of nitrogens with one attached hydrogen (secondary N) is 1. The Bertz CT molecular complexity index is 493. The number of hydrogen-bond acceptors (Lipinski definition) is 4. The lowest BCUT2D eigenvalue weighted by atomic mass is 10.0. The summed E-state index contributed by atoms with van der Waals surface area (Å²) >= 11 is 5.80. The highest BCUT2D eigenvalue weighted by molar-refractivity contribution is 6.30. The molecule has 0 radical (unpaired) electrons. The summed E-state index contributed by atoms with van der Waals surface area (Å²) in [7, 11) is 0. The molecule has 0 unspecified atom stereocenters. The van der Waals surface area contributed by atoms with Crippen LogP contribution in [0.3, 0.4) is 0 Å². The number of carboxylic acids is 1. The summed E-state index contributed by atoms with van der Waals surface area (Å²) in [5, 5.41) is 13.9. The highest BCUT2D eigenvalue weighted by atomic mass is 35.5. The van der Waals surface area contributed by atoms with Gasteiger partial charge >= 0.3 is 6.09 Å². The minimum atomic E-state index is -1.23. The van der Waals surface area contributed by atoms with Crippen molar-refractivity contribution in [3.8, 4) is 0 Å². The highest BCUT2D eigenvalue weighted by Crippen LogP contribution is 2.13. The first-order valence-electron chi connectivity index (χ1n) is 6.59. The molecule has 0 aliphatic heterocycles. The third-order valence-electron chi connectivity index (χ3n) is 2.53. The number of carbonyl (C=O) groups is 2. The molecule has 0 bridgehead atoms. The number of aliphatic carboxylic acids is 1. The van der Waals surface area contributed by atoms with Crippen LogP contribution in [0.2, 0.25) is 5.02 Å². The molecule has 0 saturated heterocycles. The van der Waals surface area contributed by atoms with E-state index in [9.17, 15) is 14.7 Å². The molecule has 0 aliphatic rings. The smallest absolute Gasteiger partial charge is 0.407 e. The molecule has 0 aliphatic carbocycles. The molecule has 0 heterocycles. The van der Waals surface area contributed by atoms with Gasteiger partial charge in [-0.05, 0) is 44.9 Å². The normalized spacial score (nSPS) is 12.6. The van der Waals surface area contributed by atoms with Crippen molar-refractivity contribution in [3.05, 3.63) is 34.9 Å². The molecule has 0 aromatic heterocycles. The van der Waals surface area contributed by atoms with Crippen LogP contribution in [0.25, 0.3) is 0 Å². The number of benzene rings is 1. The van der Waals surface area contributed by atoms with Crippen LogP contribution < -0.4 is 10.4 Å². The third kappa shape index (κ3) is 7.56. The van der Waals surface area contributed by atoms with Crippen LogP contribution in [-0.2, 0) is 16.0 Å². The van der Waals surface area contributed by atoms with Gasteiger partial charge in [-0.25, -0.2) is 4.79 Å². The van der Waals surface area contributed by atoms with Crippen molar-refractivity contribution in [1.29, 1.82) is 0 Å². The van der Waals surface area contributed by atoms with Gasteiger partial charge in [0.2, 0.25) is 0 Å². The van der Waals surface area contributed by atoms with E-state index in [1.54, 1.807) is 45.0 Å². The van der Waals surface area contributed by atoms with E-state index in [0.29, 0.717) is 11.4 Å². The van der Waals surface area contributed by atoms with E-state index in [0.717, 1.165) is 5.56 Å². The summed E-state index contributed by atoms with van der Waals surface area (Å²) in [4.78, 5) is 22.5. The predicted molar refractivity (Wildman–Crippen MR) is 77.9 cm³/mol. The number of hydrogen-bond donors (Lipinski definition) is 1. The molecule has 0 saturated carbocycles. The minimum Gasteiger partial charge on any atom is -0.550 e. The number of carboxylic acid groups (broad SMARTS) is 1. The van der Waals surface area contributed by atoms with Crippen molar-refractivity contribution in [1.82, 2.24) is 5.32 Å². The van der Waals surface area contributed by atoms with Gasteiger partial charge < -0.3 is 20.0 Å². The maximum Gasteiger partial charge on any atom is 0.407 e. The number of amides is 1. The fraction of sp³-hybridized carbons (Fsp3) is 0.467. The fourth-order valence-corrected chi connectivity index (χ4v) is 1.88. The molecular weight excluding hydrogens is 294 g/mol. The van der Waals surface area contributed by atoms with Gasteiger partial charge in [0, 0.05) is 23.5 Å². The number of ether oxygens (including phenoxy) is 1. The van der Waals surface area contributed by atoms with Crippen LogP contribution in [0.1, 0.15) is 32.8 Å². The number of carbonyl (C=O) groups excluding carboxylic acids is 2. The molecule has 1 N–H and O–H groups in total. The molecule has 0 spiro atoms. The van der Waals surface area contributed by atoms with E-state index in [1.807, 2.05) is 0 Å². The number of alkyl carbamates (subject to hydrolysis) is 1. The van der Waals surface area contributed by atoms with Gasteiger partial charge in [-0.15, -0.1) is 0 Å². The lowest BCUT2D eigenvalue weighted by Gasteiger charge is -2.24. The van der Waals surface area contributed by atoms with Crippen molar-refractivity contribution in [2.75, 3.05) is 0 Å². The van der Waals surface area contributed by atoms with Crippen LogP contribution in [0, 0.1) is 0 Å². The summed E-state index contributed by atoms with van der Waals surface area (Å²) in [5.41, 5.74) is 0.220. The Kier molecular flexibility index (Phi) is 6.03. The molecule has 1 atom stereocenters. The molecule has 116 valence electrons. The number of rotatable bonds is 5. The molecule has 1 rings (SSSR count). The molecule has 21 heavy (non-hydrogen) atoms. The molecule has 1 amide bonds. The van der Waals surface area contributed by atoms with Gasteiger partial charge in [0.1, 0.15) is 5.60 Å². The maximum absolute atomic E-state index is 11.7. The van der Waals surface area contributed by atoms with Crippen molar-refractivity contribution in [2.24, 2.45) is 0 Å². The average molecular weight is 313 g/mol. The monoisotopic (exact) mass is 312 g/mol. The zero-order valence-electron chi connectivity index (χ0n) is 12.3. The summed E-state index contributed by atoms with van der Waals surface area (Å²) in [6.07, 6.45) is -0.588. The Morgan fingerprint density at radius 2 is 1.86 bits per heavy atom. The Labute approximate surface area is 129 Å². The lowest BCUT2D eigenvalue weighted by Crippen LogP contribution is -2.43. The van der Waals surface area contributed by atoms with Gasteiger partial charge in [0.05, 0.1) is 0 Å². The Morgan fingerprint density at radius 1 is 1.29 bits per heavy atom. The largest absolute Gasteiger partial charge is 0.550 e. The number of halogens is 1. The summed E-state index contributed by atoms with van der Waals surface area (Å²) in [5.74, 6) is -1.23. The Morgan fingerprint density at radius 3 is 2.33 bits per heavy atom. The van der Waals surface area contributed by atoms with E-state index < -0.39 is 23.7 Å². The van der Waals surface area contributed by atoms with Gasteiger partial charge in [0.15, 0.2) is 0 Å². The van der Waals surface area contributed by atoms with Crippen molar-refractivity contribution < 1.29 is 19.4 Å². The topological polar surface area (TPSA) is 78.5 Å². The van der Waals surface area contributed by atoms with Crippen LogP contribution in [0.5, 0.6) is 0 Å². The standard InChI is InChI=1S/C15H20ClNO4/c1-15(2,3)21-14(20)17-12(9-13(18)19)8-10-4-6-11(16)7-5-10/h4-7,12H,8-9H2,1-3H3,(H,17,20)(H,18,19)/p-1/t12-/m0/s1. The second kappa shape index (κ2) is 7.31. The quantitative estimate of drug-likeness (QED) is 0.901. The van der Waals surface area contributed by atoms with E-state index in [4.69, 9.17) is 16.3 Å². The first-order valence-corrected chi connectivity index (χ1v) is 6.97. The molecular formula is C15H19ClNO4-. The van der Waals surface area contributed by atoms with Gasteiger partial charge in [-0.2, -0.15) is 0 Å². The van der Waals surface area contributed by atoms with Crippen LogP contribution in [0.4, 0.5) is 4.79 Å². The van der Waals surface area contributed by atoms with Gasteiger partial charge in [-0.1, -0.05) is 23.7 Å². The van der Waals surface area contributed by atoms with E-state index in [2.05, 4.69) is 5.32 Å². The third-order valence-corrected chi connectivity index (χ3v) is 2.78. The van der Waals surface area contributed by atoms with Crippen LogP contribution in [0.15, 0.2) is 24.3 Å². The zero-order valence-corrected chi connectivity index (χ0v) is 13.1. The molecule has 6 heteroatoms. The van der Waals surface area contributed by atoms with E-state index in [-0.39, 0.29) is 6.42 Å². The van der Waals surface area contributed by atoms with Crippen LogP contribution >= 0.6 is 11.6 Å². The highest BCUT2D eigenvalue weighted by Gasteiger charge is 2.20. The van der Waals surface area contributed by atoms with Crippen molar-refractivity contribution in [3.63, 3.8) is 0 Å². The zero-order chi connectivity index (χ0) is 16.0. The average Bonchev–Trinajstić information content (AvgIpc) is 2.28. The van der Waals surface area contributed by atoms with E-state index >= 15 is 0 Å². The minimum absolute atomic E-state index is 0.290. The van der Waals surface area contributed by atoms with Crippen LogP contribution in [-0.4, -0.2) is 23.7 Å². The SMILES string of the molecule is CC(C)(C)OC(=O)N[C@H](CC(=O)[O-])Cc1ccc(Cl)cc1. The lowest BCUT2D eigenvalue weighted by molar-refractivity contribution is -0.306. The van der Waals surface area contributed by atoms with Crippen molar-refractivity contribution in [2.45, 2.75) is 45.3 Å². The first kappa shape index (κ1) is 17.3. The van der Waals surface area contributed by atoms with Crippen molar-refractivity contribution >= 4 is 23.7 Å². The fourth-order valence-electron chi connectivity index (χ4n) is 1.75. The summed E-state index contributed by atoms with van der Waals surface area (Å²) < 4.78 is 5.12. The van der Waals surface area contributed by atoms with E-state index in [1.165, 1.54) is 0 Å². The van der Waals surface area contributed by atoms with Gasteiger partial charge in [0.25, 0.3) is 0 Å². The first-order chi connectivity index (χ1) is 9.65. The Hall–Kier alpha value is -1.75. The maximum atomic E-state index is 11.7. The predicted octanol–water partition coefficient (Wildman–Crippen LogP) is 1.92.